The molecular formula is C32H34ClN5O2. The number of aromatic nitrogens is 2. The van der Waals surface area contributed by atoms with E-state index >= 15 is 0 Å². The number of imidazole rings is 1. The fraction of sp³-hybridized carbons (Fsp3) is 0.438. The van der Waals surface area contributed by atoms with Crippen molar-refractivity contribution in [2.75, 3.05) is 26.2 Å². The van der Waals surface area contributed by atoms with E-state index in [2.05, 4.69) is 33.1 Å². The molecule has 2 amide bonds. The van der Waals surface area contributed by atoms with Gasteiger partial charge >= 0.3 is 0 Å². The third-order valence-electron chi connectivity index (χ3n) is 9.36. The maximum Gasteiger partial charge on any atom is 0.268 e. The minimum absolute atomic E-state index is 0.0366. The number of nitrogens with zero attached hydrogens (tertiary/aromatic N) is 4. The first-order chi connectivity index (χ1) is 19.5. The zero-order valence-corrected chi connectivity index (χ0v) is 23.3. The van der Waals surface area contributed by atoms with Crippen LogP contribution in [0.15, 0.2) is 59.6 Å². The van der Waals surface area contributed by atoms with Gasteiger partial charge in [0, 0.05) is 49.0 Å². The number of rotatable bonds is 4. The van der Waals surface area contributed by atoms with Crippen LogP contribution in [0.4, 0.5) is 0 Å². The Labute approximate surface area is 239 Å². The summed E-state index contributed by atoms with van der Waals surface area (Å²) in [5.41, 5.74) is 4.55. The van der Waals surface area contributed by atoms with E-state index < -0.39 is 0 Å². The normalized spacial score (nSPS) is 26.5. The summed E-state index contributed by atoms with van der Waals surface area (Å²) < 4.78 is 0. The van der Waals surface area contributed by atoms with Crippen molar-refractivity contribution in [1.82, 2.24) is 19.8 Å². The Kier molecular flexibility index (Phi) is 6.70. The highest BCUT2D eigenvalue weighted by Gasteiger charge is 2.45. The fourth-order valence-electron chi connectivity index (χ4n) is 7.16. The zero-order valence-electron chi connectivity index (χ0n) is 22.6. The summed E-state index contributed by atoms with van der Waals surface area (Å²) in [6.07, 6.45) is 7.48. The predicted octanol–water partition coefficient (Wildman–Crippen LogP) is 5.68. The number of hydrogen-bond acceptors (Lipinski definition) is 4. The van der Waals surface area contributed by atoms with Gasteiger partial charge in [-0.15, -0.1) is 0 Å². The summed E-state index contributed by atoms with van der Waals surface area (Å²) in [4.78, 5) is 43.7. The number of fused-ring (bicyclic) bond motifs is 2. The van der Waals surface area contributed by atoms with Gasteiger partial charge in [-0.2, -0.15) is 0 Å². The number of para-hydroxylation sites is 2. The third-order valence-corrected chi connectivity index (χ3v) is 9.61. The Hall–Kier alpha value is -3.45. The maximum absolute atomic E-state index is 13.5. The van der Waals surface area contributed by atoms with E-state index in [1.54, 1.807) is 0 Å². The predicted molar refractivity (Wildman–Crippen MR) is 157 cm³/mol. The van der Waals surface area contributed by atoms with E-state index in [0.29, 0.717) is 54.7 Å². The van der Waals surface area contributed by atoms with E-state index in [1.807, 2.05) is 41.3 Å². The summed E-state index contributed by atoms with van der Waals surface area (Å²) in [5, 5.41) is 0.767. The molecule has 3 fully saturated rings. The standard InChI is InChI=1S/C32H34ClN5O2/c33-25-14-12-21(13-15-25)20-8-10-22(11-9-20)31(39)37-16-23-18-38(19-24(23)17-37)32(40)29-7-3-6-28(34-29)30-35-26-4-1-2-5-27(26)36-30/h1-2,4-6,12-15,20,22-24H,3,7-11,16-19H2,(H,35,36). The van der Waals surface area contributed by atoms with Gasteiger partial charge in [-0.05, 0) is 74.3 Å². The van der Waals surface area contributed by atoms with Gasteiger partial charge in [-0.3, -0.25) is 9.59 Å². The molecule has 1 saturated carbocycles. The number of carbonyl (C=O) groups excluding carboxylic acids is 2. The van der Waals surface area contributed by atoms with Crippen molar-refractivity contribution in [3.05, 3.63) is 71.0 Å². The first-order valence-electron chi connectivity index (χ1n) is 14.6. The van der Waals surface area contributed by atoms with Gasteiger partial charge in [0.2, 0.25) is 5.91 Å². The largest absolute Gasteiger partial charge is 0.342 e. The van der Waals surface area contributed by atoms with E-state index in [4.69, 9.17) is 16.6 Å². The number of hydrogen-bond donors (Lipinski definition) is 1. The van der Waals surface area contributed by atoms with Crippen molar-refractivity contribution >= 4 is 45.9 Å². The summed E-state index contributed by atoms with van der Waals surface area (Å²) >= 11 is 6.05. The maximum atomic E-state index is 13.5. The van der Waals surface area contributed by atoms with Crippen molar-refractivity contribution in [3.63, 3.8) is 0 Å². The molecule has 1 aliphatic carbocycles. The van der Waals surface area contributed by atoms with Crippen molar-refractivity contribution in [3.8, 4) is 0 Å². The first kappa shape index (κ1) is 25.5. The summed E-state index contributed by atoms with van der Waals surface area (Å²) in [6, 6.07) is 16.1. The van der Waals surface area contributed by atoms with Gasteiger partial charge in [0.05, 0.1) is 11.0 Å². The Morgan fingerprint density at radius 3 is 2.30 bits per heavy atom. The van der Waals surface area contributed by atoms with Crippen LogP contribution in [0, 0.1) is 17.8 Å². The molecule has 7 nitrogen and oxygen atoms in total. The molecule has 0 spiro atoms. The van der Waals surface area contributed by atoms with Crippen LogP contribution in [0.2, 0.25) is 5.02 Å². The number of allylic oxidation sites excluding steroid dienone is 1. The molecule has 1 N–H and O–H groups in total. The molecule has 0 radical (unpaired) electrons. The third kappa shape index (κ3) is 4.85. The van der Waals surface area contributed by atoms with Crippen LogP contribution in [-0.4, -0.2) is 63.5 Å². The lowest BCUT2D eigenvalue weighted by Crippen LogP contribution is -2.41. The van der Waals surface area contributed by atoms with Crippen LogP contribution in [0.25, 0.3) is 16.7 Å². The van der Waals surface area contributed by atoms with Crippen molar-refractivity contribution in [1.29, 1.82) is 0 Å². The smallest absolute Gasteiger partial charge is 0.268 e. The van der Waals surface area contributed by atoms with Gasteiger partial charge in [0.1, 0.15) is 11.4 Å². The Balaban J connectivity index is 0.938. The lowest BCUT2D eigenvalue weighted by molar-refractivity contribution is -0.136. The molecule has 7 rings (SSSR count). The van der Waals surface area contributed by atoms with Crippen LogP contribution in [0.5, 0.6) is 0 Å². The van der Waals surface area contributed by atoms with Crippen LogP contribution in [0.1, 0.15) is 55.8 Å². The highest BCUT2D eigenvalue weighted by Crippen LogP contribution is 2.39. The molecule has 2 saturated heterocycles. The van der Waals surface area contributed by atoms with Crippen LogP contribution >= 0.6 is 11.6 Å². The average molecular weight is 556 g/mol. The van der Waals surface area contributed by atoms with Gasteiger partial charge in [-0.1, -0.05) is 41.9 Å². The number of aromatic amines is 1. The Bertz CT molecular complexity index is 1450. The first-order valence-corrected chi connectivity index (χ1v) is 15.0. The molecule has 2 unspecified atom stereocenters. The highest BCUT2D eigenvalue weighted by atomic mass is 35.5. The number of carbonyl (C=O) groups is 2. The quantitative estimate of drug-likeness (QED) is 0.449. The molecule has 40 heavy (non-hydrogen) atoms. The number of halogens is 1. The molecule has 2 atom stereocenters. The van der Waals surface area contributed by atoms with Gasteiger partial charge in [0.25, 0.3) is 5.91 Å². The molecule has 1 aromatic heterocycles. The van der Waals surface area contributed by atoms with E-state index in [9.17, 15) is 9.59 Å². The molecule has 3 aromatic rings. The minimum Gasteiger partial charge on any atom is -0.342 e. The molecule has 2 aromatic carbocycles. The van der Waals surface area contributed by atoms with E-state index in [0.717, 1.165) is 66.9 Å². The molecule has 0 bridgehead atoms. The fourth-order valence-corrected chi connectivity index (χ4v) is 7.29. The van der Waals surface area contributed by atoms with E-state index in [1.165, 1.54) is 5.56 Å². The number of likely N-dealkylation sites (tertiary alicyclic amines) is 2. The van der Waals surface area contributed by atoms with Crippen molar-refractivity contribution in [2.45, 2.75) is 44.4 Å². The summed E-state index contributed by atoms with van der Waals surface area (Å²) in [7, 11) is 0. The van der Waals surface area contributed by atoms with Gasteiger partial charge in [0.15, 0.2) is 5.82 Å². The van der Waals surface area contributed by atoms with Crippen molar-refractivity contribution < 1.29 is 9.59 Å². The van der Waals surface area contributed by atoms with E-state index in [-0.39, 0.29) is 11.8 Å². The second-order valence-electron chi connectivity index (χ2n) is 11.9. The van der Waals surface area contributed by atoms with Crippen LogP contribution < -0.4 is 0 Å². The molecule has 8 heteroatoms. The number of amides is 2. The number of aliphatic imine (C=N–C) groups is 1. The molecule has 4 heterocycles. The molecule has 4 aliphatic rings. The average Bonchev–Trinajstić information content (AvgIpc) is 3.71. The monoisotopic (exact) mass is 555 g/mol. The second kappa shape index (κ2) is 10.5. The van der Waals surface area contributed by atoms with Crippen molar-refractivity contribution in [2.24, 2.45) is 22.7 Å². The second-order valence-corrected chi connectivity index (χ2v) is 12.3. The zero-order chi connectivity index (χ0) is 27.2. The number of benzene rings is 2. The van der Waals surface area contributed by atoms with Crippen LogP contribution in [-0.2, 0) is 9.59 Å². The Morgan fingerprint density at radius 2 is 1.57 bits per heavy atom. The number of H-pyrrole nitrogens is 1. The topological polar surface area (TPSA) is 81.7 Å². The van der Waals surface area contributed by atoms with Crippen LogP contribution in [0.3, 0.4) is 0 Å². The lowest BCUT2D eigenvalue weighted by Gasteiger charge is -2.31. The SMILES string of the molecule is O=C(C1=NC(c2nc3ccccc3[nH]2)=CCC1)N1CC2CN(C(=O)C3CCC(c4ccc(Cl)cc4)CC3)CC2C1. The summed E-state index contributed by atoms with van der Waals surface area (Å²) in [5.74, 6) is 2.42. The van der Waals surface area contributed by atoms with Gasteiger partial charge in [-0.25, -0.2) is 9.98 Å². The Morgan fingerprint density at radius 1 is 0.875 bits per heavy atom. The summed E-state index contributed by atoms with van der Waals surface area (Å²) in [6.45, 7) is 2.95. The highest BCUT2D eigenvalue weighted by molar-refractivity contribution is 6.39. The molecular weight excluding hydrogens is 522 g/mol. The molecule has 206 valence electrons. The van der Waals surface area contributed by atoms with Gasteiger partial charge < -0.3 is 14.8 Å². The molecule has 3 aliphatic heterocycles. The number of nitrogens with one attached hydrogen (secondary N) is 1. The minimum atomic E-state index is 0.0366. The lowest BCUT2D eigenvalue weighted by atomic mass is 9.78.